The van der Waals surface area contributed by atoms with Crippen LogP contribution in [0.25, 0.3) is 0 Å². The van der Waals surface area contributed by atoms with E-state index < -0.39 is 0 Å². The maximum Gasteiger partial charge on any atom is 0.0948 e. The van der Waals surface area contributed by atoms with Crippen molar-refractivity contribution in [1.82, 2.24) is 14.5 Å². The van der Waals surface area contributed by atoms with Gasteiger partial charge < -0.3 is 10.3 Å². The van der Waals surface area contributed by atoms with Crippen LogP contribution in [-0.4, -0.2) is 34.1 Å². The second kappa shape index (κ2) is 6.34. The molecule has 1 saturated carbocycles. The normalized spacial score (nSPS) is 18.7. The molecule has 1 aliphatic rings. The van der Waals surface area contributed by atoms with Gasteiger partial charge in [-0.1, -0.05) is 19.8 Å². The molecule has 0 aromatic carbocycles. The summed E-state index contributed by atoms with van der Waals surface area (Å²) in [6.07, 6.45) is 10.4. The molecule has 0 aliphatic heterocycles. The van der Waals surface area contributed by atoms with Gasteiger partial charge in [-0.3, -0.25) is 4.90 Å². The van der Waals surface area contributed by atoms with Gasteiger partial charge in [0.05, 0.1) is 18.1 Å². The van der Waals surface area contributed by atoms with Crippen LogP contribution in [0.2, 0.25) is 0 Å². The molecule has 1 aromatic rings. The summed E-state index contributed by atoms with van der Waals surface area (Å²) < 4.78 is 2.25. The zero-order valence-electron chi connectivity index (χ0n) is 11.7. The highest BCUT2D eigenvalue weighted by Crippen LogP contribution is 2.29. The number of hydrogen-bond acceptors (Lipinski definition) is 3. The molecule has 18 heavy (non-hydrogen) atoms. The van der Waals surface area contributed by atoms with Gasteiger partial charge in [0.1, 0.15) is 0 Å². The first-order valence-electron chi connectivity index (χ1n) is 7.20. The SMILES string of the molecule is CCCn1cncc1C(CN)N(C)C1CCCC1. The summed E-state index contributed by atoms with van der Waals surface area (Å²) in [5.74, 6) is 0. The molecular weight excluding hydrogens is 224 g/mol. The van der Waals surface area contributed by atoms with Crippen LogP contribution in [0.5, 0.6) is 0 Å². The molecule has 102 valence electrons. The molecule has 0 radical (unpaired) electrons. The van der Waals surface area contributed by atoms with Gasteiger partial charge in [0.15, 0.2) is 0 Å². The van der Waals surface area contributed by atoms with Crippen molar-refractivity contribution in [1.29, 1.82) is 0 Å². The highest BCUT2D eigenvalue weighted by molar-refractivity contribution is 5.07. The summed E-state index contributed by atoms with van der Waals surface area (Å²) >= 11 is 0. The first kappa shape index (κ1) is 13.6. The van der Waals surface area contributed by atoms with E-state index in [9.17, 15) is 0 Å². The Morgan fingerprint density at radius 2 is 2.22 bits per heavy atom. The van der Waals surface area contributed by atoms with Crippen molar-refractivity contribution in [3.8, 4) is 0 Å². The third-order valence-electron chi connectivity index (χ3n) is 4.17. The van der Waals surface area contributed by atoms with Crippen molar-refractivity contribution in [2.45, 2.75) is 57.7 Å². The fourth-order valence-corrected chi connectivity index (χ4v) is 3.10. The maximum atomic E-state index is 6.01. The van der Waals surface area contributed by atoms with Crippen LogP contribution < -0.4 is 5.73 Å². The molecule has 2 rings (SSSR count). The van der Waals surface area contributed by atoms with E-state index >= 15 is 0 Å². The van der Waals surface area contributed by atoms with Gasteiger partial charge in [0.25, 0.3) is 0 Å². The monoisotopic (exact) mass is 250 g/mol. The summed E-state index contributed by atoms with van der Waals surface area (Å²) in [6.45, 7) is 3.90. The molecule has 1 fully saturated rings. The molecule has 4 nitrogen and oxygen atoms in total. The molecule has 1 atom stereocenters. The molecule has 1 unspecified atom stereocenters. The van der Waals surface area contributed by atoms with E-state index in [1.165, 1.54) is 31.4 Å². The topological polar surface area (TPSA) is 47.1 Å². The number of aryl methyl sites for hydroxylation is 1. The smallest absolute Gasteiger partial charge is 0.0948 e. The predicted molar refractivity (Wildman–Crippen MR) is 74.3 cm³/mol. The Kier molecular flexibility index (Phi) is 4.78. The van der Waals surface area contributed by atoms with Crippen molar-refractivity contribution in [2.75, 3.05) is 13.6 Å². The van der Waals surface area contributed by atoms with Gasteiger partial charge in [0, 0.05) is 25.3 Å². The Morgan fingerprint density at radius 3 is 2.83 bits per heavy atom. The van der Waals surface area contributed by atoms with Crippen LogP contribution in [0, 0.1) is 0 Å². The summed E-state index contributed by atoms with van der Waals surface area (Å²) in [7, 11) is 2.22. The van der Waals surface area contributed by atoms with Crippen molar-refractivity contribution in [2.24, 2.45) is 5.73 Å². The van der Waals surface area contributed by atoms with Gasteiger partial charge in [0.2, 0.25) is 0 Å². The average Bonchev–Trinajstić information content (AvgIpc) is 3.02. The summed E-state index contributed by atoms with van der Waals surface area (Å²) in [4.78, 5) is 6.77. The lowest BCUT2D eigenvalue weighted by Gasteiger charge is -2.32. The van der Waals surface area contributed by atoms with E-state index in [1.54, 1.807) is 0 Å². The Bertz CT molecular complexity index is 354. The van der Waals surface area contributed by atoms with E-state index in [4.69, 9.17) is 5.73 Å². The lowest BCUT2D eigenvalue weighted by Crippen LogP contribution is -2.38. The Balaban J connectivity index is 2.13. The number of nitrogens with two attached hydrogens (primary N) is 1. The predicted octanol–water partition coefficient (Wildman–Crippen LogP) is 2.17. The lowest BCUT2D eigenvalue weighted by atomic mass is 10.1. The number of imidazole rings is 1. The van der Waals surface area contributed by atoms with Crippen molar-refractivity contribution in [3.63, 3.8) is 0 Å². The van der Waals surface area contributed by atoms with Gasteiger partial charge >= 0.3 is 0 Å². The summed E-state index contributed by atoms with van der Waals surface area (Å²) in [6, 6.07) is 1.01. The molecule has 1 heterocycles. The molecule has 0 bridgehead atoms. The zero-order chi connectivity index (χ0) is 13.0. The van der Waals surface area contributed by atoms with Crippen LogP contribution >= 0.6 is 0 Å². The lowest BCUT2D eigenvalue weighted by molar-refractivity contribution is 0.173. The maximum absolute atomic E-state index is 6.01. The molecule has 2 N–H and O–H groups in total. The van der Waals surface area contributed by atoms with Gasteiger partial charge in [-0.05, 0) is 26.3 Å². The number of hydrogen-bond donors (Lipinski definition) is 1. The van der Waals surface area contributed by atoms with E-state index in [2.05, 4.69) is 28.4 Å². The molecule has 0 amide bonds. The van der Waals surface area contributed by atoms with E-state index in [0.717, 1.165) is 13.0 Å². The van der Waals surface area contributed by atoms with Crippen LogP contribution in [0.15, 0.2) is 12.5 Å². The number of likely N-dealkylation sites (N-methyl/N-ethyl adjacent to an activating group) is 1. The largest absolute Gasteiger partial charge is 0.333 e. The fraction of sp³-hybridized carbons (Fsp3) is 0.786. The van der Waals surface area contributed by atoms with Crippen LogP contribution in [0.4, 0.5) is 0 Å². The minimum Gasteiger partial charge on any atom is -0.333 e. The van der Waals surface area contributed by atoms with Crippen molar-refractivity contribution in [3.05, 3.63) is 18.2 Å². The first-order chi connectivity index (χ1) is 8.77. The number of nitrogens with zero attached hydrogens (tertiary/aromatic N) is 3. The van der Waals surface area contributed by atoms with Gasteiger partial charge in [-0.15, -0.1) is 0 Å². The van der Waals surface area contributed by atoms with Crippen LogP contribution in [0.1, 0.15) is 50.8 Å². The van der Waals surface area contributed by atoms with Crippen LogP contribution in [0.3, 0.4) is 0 Å². The van der Waals surface area contributed by atoms with E-state index in [1.807, 2.05) is 12.5 Å². The molecular formula is C14H26N4. The zero-order valence-corrected chi connectivity index (χ0v) is 11.7. The van der Waals surface area contributed by atoms with E-state index in [-0.39, 0.29) is 0 Å². The van der Waals surface area contributed by atoms with E-state index in [0.29, 0.717) is 18.6 Å². The van der Waals surface area contributed by atoms with Crippen LogP contribution in [-0.2, 0) is 6.54 Å². The van der Waals surface area contributed by atoms with Crippen molar-refractivity contribution < 1.29 is 0 Å². The molecule has 1 aromatic heterocycles. The Hall–Kier alpha value is -0.870. The second-order valence-electron chi connectivity index (χ2n) is 5.37. The Morgan fingerprint density at radius 1 is 1.50 bits per heavy atom. The minimum atomic E-state index is 0.308. The third-order valence-corrected chi connectivity index (χ3v) is 4.17. The summed E-state index contributed by atoms with van der Waals surface area (Å²) in [5, 5.41) is 0. The fourth-order valence-electron chi connectivity index (χ4n) is 3.10. The molecule has 1 aliphatic carbocycles. The number of aromatic nitrogens is 2. The Labute approximate surface area is 110 Å². The molecule has 0 spiro atoms. The highest BCUT2D eigenvalue weighted by Gasteiger charge is 2.27. The highest BCUT2D eigenvalue weighted by atomic mass is 15.2. The van der Waals surface area contributed by atoms with Crippen molar-refractivity contribution >= 4 is 0 Å². The summed E-state index contributed by atoms with van der Waals surface area (Å²) in [5.41, 5.74) is 7.29. The first-order valence-corrected chi connectivity index (χ1v) is 7.20. The second-order valence-corrected chi connectivity index (χ2v) is 5.37. The average molecular weight is 250 g/mol. The molecule has 0 saturated heterocycles. The third kappa shape index (κ3) is 2.75. The minimum absolute atomic E-state index is 0.308. The van der Waals surface area contributed by atoms with Gasteiger partial charge in [-0.2, -0.15) is 0 Å². The number of rotatable bonds is 6. The van der Waals surface area contributed by atoms with Gasteiger partial charge in [-0.25, -0.2) is 4.98 Å². The quantitative estimate of drug-likeness (QED) is 0.841. The standard InChI is InChI=1S/C14H26N4/c1-3-8-18-11-16-10-14(18)13(9-15)17(2)12-6-4-5-7-12/h10-13H,3-9,15H2,1-2H3. The molecule has 4 heteroatoms.